The number of fused-ring (bicyclic) bond motifs is 1. The number of benzene rings is 3. The number of carboxylic acid groups (broad SMARTS) is 1. The molecule has 0 bridgehead atoms. The third kappa shape index (κ3) is 6.66. The summed E-state index contributed by atoms with van der Waals surface area (Å²) in [5, 5.41) is 31.6. The summed E-state index contributed by atoms with van der Waals surface area (Å²) in [5.74, 6) is -0.450. The van der Waals surface area contributed by atoms with Crippen molar-refractivity contribution in [1.29, 1.82) is 5.26 Å². The van der Waals surface area contributed by atoms with Gasteiger partial charge in [0.15, 0.2) is 12.0 Å². The standard InChI is InChI=1S/C33H29ClN4O6/c1-20-24(4-3-5-26(20)23-6-7-29-28(10-23)37-19-44-29)17-43-31-11-30(42-16-22-8-21(12-35)13-36-14-22)25(9-27(31)34)15-38-33(2,18-39)32(40)41/h3-11,13-14,19,38-39H,15-18H2,1-2H3,(H,40,41). The van der Waals surface area contributed by atoms with E-state index in [4.69, 9.17) is 25.5 Å². The zero-order chi connectivity index (χ0) is 31.3. The van der Waals surface area contributed by atoms with Crippen molar-refractivity contribution < 1.29 is 28.9 Å². The Balaban J connectivity index is 1.40. The van der Waals surface area contributed by atoms with Crippen LogP contribution in [0.5, 0.6) is 11.5 Å². The molecule has 3 aromatic carbocycles. The number of hydrogen-bond donors (Lipinski definition) is 3. The summed E-state index contributed by atoms with van der Waals surface area (Å²) < 4.78 is 17.7. The zero-order valence-electron chi connectivity index (χ0n) is 24.0. The summed E-state index contributed by atoms with van der Waals surface area (Å²) in [7, 11) is 0. The summed E-state index contributed by atoms with van der Waals surface area (Å²) in [4.78, 5) is 20.0. The molecule has 0 saturated heterocycles. The lowest BCUT2D eigenvalue weighted by Gasteiger charge is -2.25. The van der Waals surface area contributed by atoms with Crippen LogP contribution in [0.4, 0.5) is 0 Å². The van der Waals surface area contributed by atoms with Gasteiger partial charge in [-0.3, -0.25) is 15.1 Å². The van der Waals surface area contributed by atoms with Crippen LogP contribution in [0.3, 0.4) is 0 Å². The van der Waals surface area contributed by atoms with Gasteiger partial charge in [0.05, 0.1) is 17.2 Å². The predicted molar refractivity (Wildman–Crippen MR) is 163 cm³/mol. The molecule has 2 aromatic heterocycles. The number of ether oxygens (including phenoxy) is 2. The molecule has 0 radical (unpaired) electrons. The molecule has 5 rings (SSSR count). The monoisotopic (exact) mass is 612 g/mol. The molecule has 0 spiro atoms. The number of aliphatic carboxylic acids is 1. The number of nitrogens with zero attached hydrogens (tertiary/aromatic N) is 3. The second kappa shape index (κ2) is 13.1. The lowest BCUT2D eigenvalue weighted by atomic mass is 9.96. The van der Waals surface area contributed by atoms with E-state index in [9.17, 15) is 20.3 Å². The largest absolute Gasteiger partial charge is 0.488 e. The van der Waals surface area contributed by atoms with Gasteiger partial charge in [-0.2, -0.15) is 5.26 Å². The first kappa shape index (κ1) is 30.5. The Bertz CT molecular complexity index is 1870. The topological polar surface area (TPSA) is 151 Å². The van der Waals surface area contributed by atoms with E-state index in [0.717, 1.165) is 33.4 Å². The highest BCUT2D eigenvalue weighted by molar-refractivity contribution is 6.32. The molecule has 1 atom stereocenters. The number of aliphatic hydroxyl groups excluding tert-OH is 1. The maximum Gasteiger partial charge on any atom is 0.326 e. The Morgan fingerprint density at radius 3 is 2.68 bits per heavy atom. The number of nitrogens with one attached hydrogen (secondary N) is 1. The van der Waals surface area contributed by atoms with Crippen molar-refractivity contribution in [3.8, 4) is 28.7 Å². The minimum atomic E-state index is -1.58. The molecular formula is C33H29ClN4O6. The third-order valence-corrected chi connectivity index (χ3v) is 7.66. The smallest absolute Gasteiger partial charge is 0.326 e. The van der Waals surface area contributed by atoms with Crippen LogP contribution in [0, 0.1) is 18.3 Å². The van der Waals surface area contributed by atoms with E-state index in [1.807, 2.05) is 43.3 Å². The quantitative estimate of drug-likeness (QED) is 0.157. The van der Waals surface area contributed by atoms with Crippen molar-refractivity contribution in [3.05, 3.63) is 106 Å². The predicted octanol–water partition coefficient (Wildman–Crippen LogP) is 5.81. The fourth-order valence-corrected chi connectivity index (χ4v) is 4.81. The van der Waals surface area contributed by atoms with Crippen molar-refractivity contribution in [2.45, 2.75) is 39.1 Å². The summed E-state index contributed by atoms with van der Waals surface area (Å²) in [6.45, 7) is 3.13. The van der Waals surface area contributed by atoms with Crippen molar-refractivity contribution in [2.75, 3.05) is 6.61 Å². The minimum Gasteiger partial charge on any atom is -0.488 e. The van der Waals surface area contributed by atoms with Gasteiger partial charge < -0.3 is 24.1 Å². The maximum absolute atomic E-state index is 11.7. The highest BCUT2D eigenvalue weighted by atomic mass is 35.5. The number of halogens is 1. The number of aliphatic hydroxyl groups is 1. The van der Waals surface area contributed by atoms with E-state index in [-0.39, 0.29) is 19.8 Å². The average molecular weight is 613 g/mol. The first-order valence-corrected chi connectivity index (χ1v) is 14.0. The van der Waals surface area contributed by atoms with Crippen molar-refractivity contribution in [1.82, 2.24) is 15.3 Å². The minimum absolute atomic E-state index is 0.0339. The average Bonchev–Trinajstić information content (AvgIpc) is 3.51. The maximum atomic E-state index is 11.7. The van der Waals surface area contributed by atoms with Crippen LogP contribution in [-0.2, 0) is 24.6 Å². The van der Waals surface area contributed by atoms with E-state index < -0.39 is 18.1 Å². The van der Waals surface area contributed by atoms with E-state index >= 15 is 0 Å². The second-order valence-corrected chi connectivity index (χ2v) is 10.8. The van der Waals surface area contributed by atoms with Crippen molar-refractivity contribution in [3.63, 3.8) is 0 Å². The van der Waals surface area contributed by atoms with Gasteiger partial charge in [-0.05, 0) is 60.4 Å². The van der Waals surface area contributed by atoms with Crippen LogP contribution in [0.2, 0.25) is 5.02 Å². The Morgan fingerprint density at radius 2 is 1.91 bits per heavy atom. The second-order valence-electron chi connectivity index (χ2n) is 10.4. The van der Waals surface area contributed by atoms with Gasteiger partial charge in [0, 0.05) is 36.1 Å². The summed E-state index contributed by atoms with van der Waals surface area (Å²) in [6.07, 6.45) is 4.47. The highest BCUT2D eigenvalue weighted by Crippen LogP contribution is 2.35. The normalized spacial score (nSPS) is 12.4. The van der Waals surface area contributed by atoms with E-state index in [1.165, 1.54) is 19.5 Å². The van der Waals surface area contributed by atoms with E-state index in [1.54, 1.807) is 24.4 Å². The summed E-state index contributed by atoms with van der Waals surface area (Å²) >= 11 is 6.65. The molecule has 5 aromatic rings. The number of pyridine rings is 1. The number of carboxylic acids is 1. The van der Waals surface area contributed by atoms with Crippen LogP contribution in [0.25, 0.3) is 22.2 Å². The molecule has 0 aliphatic carbocycles. The number of nitriles is 1. The fourth-order valence-electron chi connectivity index (χ4n) is 4.57. The highest BCUT2D eigenvalue weighted by Gasteiger charge is 2.32. The van der Waals surface area contributed by atoms with Crippen molar-refractivity contribution >= 4 is 28.7 Å². The Morgan fingerprint density at radius 1 is 1.09 bits per heavy atom. The first-order valence-electron chi connectivity index (χ1n) is 13.6. The number of hydrogen-bond acceptors (Lipinski definition) is 9. The molecule has 0 saturated carbocycles. The van der Waals surface area contributed by atoms with E-state index in [0.29, 0.717) is 33.2 Å². The van der Waals surface area contributed by atoms with Crippen LogP contribution in [0.1, 0.15) is 34.7 Å². The molecule has 44 heavy (non-hydrogen) atoms. The molecular weight excluding hydrogens is 584 g/mol. The Hall–Kier alpha value is -4.95. The molecule has 11 heteroatoms. The van der Waals surface area contributed by atoms with Gasteiger partial charge in [0.2, 0.25) is 0 Å². The van der Waals surface area contributed by atoms with Gasteiger partial charge >= 0.3 is 5.97 Å². The number of carbonyl (C=O) groups is 1. The molecule has 0 fully saturated rings. The van der Waals surface area contributed by atoms with Crippen LogP contribution < -0.4 is 14.8 Å². The van der Waals surface area contributed by atoms with Crippen LogP contribution in [0.15, 0.2) is 77.8 Å². The molecule has 10 nitrogen and oxygen atoms in total. The summed E-state index contributed by atoms with van der Waals surface area (Å²) in [5.41, 5.74) is 5.55. The molecule has 3 N–H and O–H groups in total. The lowest BCUT2D eigenvalue weighted by Crippen LogP contribution is -2.52. The Labute approximate surface area is 258 Å². The number of oxazole rings is 1. The van der Waals surface area contributed by atoms with Crippen LogP contribution >= 0.6 is 11.6 Å². The van der Waals surface area contributed by atoms with Gasteiger partial charge in [-0.1, -0.05) is 35.9 Å². The molecule has 0 amide bonds. The third-order valence-electron chi connectivity index (χ3n) is 7.36. The summed E-state index contributed by atoms with van der Waals surface area (Å²) in [6, 6.07) is 18.8. The zero-order valence-corrected chi connectivity index (χ0v) is 24.8. The molecule has 2 heterocycles. The van der Waals surface area contributed by atoms with Crippen LogP contribution in [-0.4, -0.2) is 38.3 Å². The SMILES string of the molecule is Cc1c(COc2cc(OCc3cncc(C#N)c3)c(CNC(C)(CO)C(=O)O)cc2Cl)cccc1-c1ccc2ocnc2c1. The Kier molecular flexibility index (Phi) is 9.11. The van der Waals surface area contributed by atoms with Gasteiger partial charge in [-0.15, -0.1) is 0 Å². The van der Waals surface area contributed by atoms with Gasteiger partial charge in [0.1, 0.15) is 41.8 Å². The fraction of sp³-hybridized carbons (Fsp3) is 0.212. The molecule has 0 aliphatic rings. The molecule has 0 aliphatic heterocycles. The first-order chi connectivity index (χ1) is 21.2. The molecule has 224 valence electrons. The number of rotatable bonds is 12. The van der Waals surface area contributed by atoms with E-state index in [2.05, 4.69) is 21.4 Å². The molecule has 1 unspecified atom stereocenters. The lowest BCUT2D eigenvalue weighted by molar-refractivity contribution is -0.145. The van der Waals surface area contributed by atoms with Gasteiger partial charge in [-0.25, -0.2) is 4.98 Å². The van der Waals surface area contributed by atoms with Crippen molar-refractivity contribution in [2.24, 2.45) is 0 Å². The van der Waals surface area contributed by atoms with Gasteiger partial charge in [0.25, 0.3) is 0 Å². The number of aromatic nitrogens is 2.